The second kappa shape index (κ2) is 7.66. The third-order valence-electron chi connectivity index (χ3n) is 4.35. The van der Waals surface area contributed by atoms with Crippen LogP contribution in [0, 0.1) is 0 Å². The van der Waals surface area contributed by atoms with E-state index in [9.17, 15) is 9.59 Å². The summed E-state index contributed by atoms with van der Waals surface area (Å²) in [4.78, 5) is 26.1. The van der Waals surface area contributed by atoms with Crippen molar-refractivity contribution in [3.63, 3.8) is 0 Å². The fourth-order valence-electron chi connectivity index (χ4n) is 2.86. The molecule has 0 radical (unpaired) electrons. The first kappa shape index (κ1) is 19.3. The standard InChI is InChI=1S/C19H18Cl2N2O4/c1-4-26-18(24)16-10(2)23(3)19(25)22-17(16)15-8-7-14(27-15)12-9-11(20)5-6-13(12)21/h5-9,17H,4H2,1-3H3,(H,22,25)/t17-/m0/s1. The highest BCUT2D eigenvalue weighted by Gasteiger charge is 2.36. The number of furan rings is 1. The fraction of sp³-hybridized carbons (Fsp3) is 0.263. The molecular formula is C19H18Cl2N2O4. The van der Waals surface area contributed by atoms with Crippen LogP contribution in [0.1, 0.15) is 25.6 Å². The molecule has 0 aliphatic carbocycles. The molecule has 0 unspecified atom stereocenters. The first-order valence-corrected chi connectivity index (χ1v) is 9.06. The maximum Gasteiger partial charge on any atom is 0.338 e. The number of ether oxygens (including phenoxy) is 1. The summed E-state index contributed by atoms with van der Waals surface area (Å²) in [6.07, 6.45) is 0. The van der Waals surface area contributed by atoms with Crippen molar-refractivity contribution < 1.29 is 18.7 Å². The Balaban J connectivity index is 2.04. The summed E-state index contributed by atoms with van der Waals surface area (Å²) >= 11 is 12.3. The highest BCUT2D eigenvalue weighted by Crippen LogP contribution is 2.36. The van der Waals surface area contributed by atoms with E-state index in [1.165, 1.54) is 4.90 Å². The topological polar surface area (TPSA) is 71.8 Å². The molecule has 27 heavy (non-hydrogen) atoms. The highest BCUT2D eigenvalue weighted by atomic mass is 35.5. The number of carbonyl (C=O) groups excluding carboxylic acids is 2. The number of halogens is 2. The number of hydrogen-bond donors (Lipinski definition) is 1. The summed E-state index contributed by atoms with van der Waals surface area (Å²) in [5.74, 6) is 0.363. The van der Waals surface area contributed by atoms with E-state index in [4.69, 9.17) is 32.4 Å². The predicted molar refractivity (Wildman–Crippen MR) is 103 cm³/mol. The lowest BCUT2D eigenvalue weighted by Crippen LogP contribution is -2.46. The van der Waals surface area contributed by atoms with Gasteiger partial charge in [-0.15, -0.1) is 0 Å². The van der Waals surface area contributed by atoms with Crippen molar-refractivity contribution in [1.29, 1.82) is 0 Å². The number of allylic oxidation sites excluding steroid dienone is 1. The SMILES string of the molecule is CCOC(=O)C1=C(C)N(C)C(=O)N[C@H]1c1ccc(-c2cc(Cl)ccc2Cl)o1. The molecule has 8 heteroatoms. The molecule has 0 bridgehead atoms. The number of esters is 1. The Hall–Kier alpha value is -2.44. The molecule has 1 aromatic carbocycles. The molecule has 2 amide bonds. The average molecular weight is 409 g/mol. The summed E-state index contributed by atoms with van der Waals surface area (Å²) in [6, 6.07) is 7.34. The van der Waals surface area contributed by atoms with Crippen LogP contribution >= 0.6 is 23.2 Å². The Morgan fingerprint density at radius 1 is 1.30 bits per heavy atom. The van der Waals surface area contributed by atoms with Gasteiger partial charge in [-0.3, -0.25) is 0 Å². The Morgan fingerprint density at radius 3 is 2.74 bits per heavy atom. The van der Waals surface area contributed by atoms with Gasteiger partial charge in [-0.1, -0.05) is 23.2 Å². The van der Waals surface area contributed by atoms with E-state index < -0.39 is 12.0 Å². The van der Waals surface area contributed by atoms with Crippen LogP contribution in [-0.4, -0.2) is 30.6 Å². The molecule has 0 saturated carbocycles. The summed E-state index contributed by atoms with van der Waals surface area (Å²) in [5, 5.41) is 3.76. The van der Waals surface area contributed by atoms with Gasteiger partial charge < -0.3 is 19.4 Å². The molecule has 142 valence electrons. The molecule has 1 aliphatic heterocycles. The fourth-order valence-corrected chi connectivity index (χ4v) is 3.24. The molecule has 0 spiro atoms. The van der Waals surface area contributed by atoms with E-state index in [-0.39, 0.29) is 12.6 Å². The minimum absolute atomic E-state index is 0.224. The number of urea groups is 1. The van der Waals surface area contributed by atoms with Gasteiger partial charge in [0.25, 0.3) is 0 Å². The lowest BCUT2D eigenvalue weighted by atomic mass is 10.00. The number of benzene rings is 1. The van der Waals surface area contributed by atoms with E-state index in [1.807, 2.05) is 0 Å². The Kier molecular flexibility index (Phi) is 5.48. The van der Waals surface area contributed by atoms with Crippen molar-refractivity contribution in [3.05, 3.63) is 57.4 Å². The van der Waals surface area contributed by atoms with Gasteiger partial charge >= 0.3 is 12.0 Å². The van der Waals surface area contributed by atoms with Crippen LogP contribution in [0.3, 0.4) is 0 Å². The first-order valence-electron chi connectivity index (χ1n) is 8.30. The third kappa shape index (κ3) is 3.68. The number of nitrogens with one attached hydrogen (secondary N) is 1. The maximum atomic E-state index is 12.5. The summed E-state index contributed by atoms with van der Waals surface area (Å²) < 4.78 is 11.1. The molecule has 2 heterocycles. The van der Waals surface area contributed by atoms with Crippen molar-refractivity contribution in [2.75, 3.05) is 13.7 Å². The van der Waals surface area contributed by atoms with E-state index in [1.54, 1.807) is 51.2 Å². The van der Waals surface area contributed by atoms with Gasteiger partial charge in [-0.2, -0.15) is 0 Å². The number of hydrogen-bond acceptors (Lipinski definition) is 4. The zero-order valence-electron chi connectivity index (χ0n) is 15.0. The van der Waals surface area contributed by atoms with Crippen molar-refractivity contribution in [2.24, 2.45) is 0 Å². The molecule has 1 atom stereocenters. The zero-order chi connectivity index (χ0) is 19.7. The third-order valence-corrected chi connectivity index (χ3v) is 4.92. The summed E-state index contributed by atoms with van der Waals surface area (Å²) in [6.45, 7) is 3.64. The molecule has 0 fully saturated rings. The van der Waals surface area contributed by atoms with Crippen LogP contribution in [0.2, 0.25) is 10.0 Å². The van der Waals surface area contributed by atoms with Gasteiger partial charge in [-0.25, -0.2) is 9.59 Å². The van der Waals surface area contributed by atoms with E-state index >= 15 is 0 Å². The van der Waals surface area contributed by atoms with Crippen LogP contribution in [-0.2, 0) is 9.53 Å². The normalized spacial score (nSPS) is 17.1. The van der Waals surface area contributed by atoms with Crippen molar-refractivity contribution in [2.45, 2.75) is 19.9 Å². The zero-order valence-corrected chi connectivity index (χ0v) is 16.5. The number of rotatable bonds is 4. The van der Waals surface area contributed by atoms with E-state index in [0.717, 1.165) is 0 Å². The van der Waals surface area contributed by atoms with Gasteiger partial charge in [0, 0.05) is 23.3 Å². The van der Waals surface area contributed by atoms with Crippen molar-refractivity contribution in [3.8, 4) is 11.3 Å². The number of amides is 2. The van der Waals surface area contributed by atoms with Crippen LogP contribution in [0.5, 0.6) is 0 Å². The minimum Gasteiger partial charge on any atom is -0.463 e. The van der Waals surface area contributed by atoms with Gasteiger partial charge in [0.15, 0.2) is 0 Å². The minimum atomic E-state index is -0.764. The molecule has 0 saturated heterocycles. The predicted octanol–water partition coefficient (Wildman–Crippen LogP) is 4.79. The van der Waals surface area contributed by atoms with Crippen LogP contribution in [0.4, 0.5) is 4.79 Å². The molecule has 1 N–H and O–H groups in total. The Morgan fingerprint density at radius 2 is 2.04 bits per heavy atom. The second-order valence-corrected chi connectivity index (χ2v) is 6.83. The number of carbonyl (C=O) groups is 2. The maximum absolute atomic E-state index is 12.5. The Bertz CT molecular complexity index is 936. The van der Waals surface area contributed by atoms with Gasteiger partial charge in [0.1, 0.15) is 17.6 Å². The quantitative estimate of drug-likeness (QED) is 0.738. The number of nitrogens with zero attached hydrogens (tertiary/aromatic N) is 1. The molecule has 1 aromatic heterocycles. The van der Waals surface area contributed by atoms with Gasteiger partial charge in [0.2, 0.25) is 0 Å². The van der Waals surface area contributed by atoms with E-state index in [0.29, 0.717) is 38.4 Å². The second-order valence-electron chi connectivity index (χ2n) is 5.99. The average Bonchev–Trinajstić information content (AvgIpc) is 3.11. The summed E-state index contributed by atoms with van der Waals surface area (Å²) in [7, 11) is 1.58. The van der Waals surface area contributed by atoms with Gasteiger partial charge in [0.05, 0.1) is 17.2 Å². The molecule has 1 aliphatic rings. The lowest BCUT2D eigenvalue weighted by molar-refractivity contribution is -0.139. The van der Waals surface area contributed by atoms with Crippen LogP contribution < -0.4 is 5.32 Å². The highest BCUT2D eigenvalue weighted by molar-refractivity contribution is 6.35. The lowest BCUT2D eigenvalue weighted by Gasteiger charge is -2.31. The van der Waals surface area contributed by atoms with E-state index in [2.05, 4.69) is 5.32 Å². The van der Waals surface area contributed by atoms with Crippen molar-refractivity contribution in [1.82, 2.24) is 10.2 Å². The molecular weight excluding hydrogens is 391 g/mol. The van der Waals surface area contributed by atoms with Crippen LogP contribution in [0.25, 0.3) is 11.3 Å². The monoisotopic (exact) mass is 408 g/mol. The molecule has 6 nitrogen and oxygen atoms in total. The molecule has 2 aromatic rings. The first-order chi connectivity index (χ1) is 12.8. The molecule has 3 rings (SSSR count). The smallest absolute Gasteiger partial charge is 0.338 e. The van der Waals surface area contributed by atoms with Gasteiger partial charge in [-0.05, 0) is 44.2 Å². The van der Waals surface area contributed by atoms with Crippen molar-refractivity contribution >= 4 is 35.2 Å². The van der Waals surface area contributed by atoms with Crippen LogP contribution in [0.15, 0.2) is 46.0 Å². The Labute approximate surface area is 166 Å². The largest absolute Gasteiger partial charge is 0.463 e. The summed E-state index contributed by atoms with van der Waals surface area (Å²) in [5.41, 5.74) is 1.44.